The highest BCUT2D eigenvalue weighted by molar-refractivity contribution is 7.99. The fourth-order valence-electron chi connectivity index (χ4n) is 2.08. The zero-order valence-electron chi connectivity index (χ0n) is 9.75. The molecule has 1 saturated heterocycles. The van der Waals surface area contributed by atoms with Crippen molar-refractivity contribution in [1.82, 2.24) is 10.2 Å². The van der Waals surface area contributed by atoms with E-state index in [0.717, 1.165) is 6.04 Å². The fourth-order valence-corrected chi connectivity index (χ4v) is 3.39. The van der Waals surface area contributed by atoms with Gasteiger partial charge in [-0.25, -0.2) is 0 Å². The molecule has 1 N–H and O–H groups in total. The Labute approximate surface area is 92.8 Å². The zero-order chi connectivity index (χ0) is 10.4. The first-order valence-electron chi connectivity index (χ1n) is 5.74. The summed E-state index contributed by atoms with van der Waals surface area (Å²) in [6, 6.07) is 1.43. The van der Waals surface area contributed by atoms with Gasteiger partial charge in [0.25, 0.3) is 0 Å². The van der Waals surface area contributed by atoms with Crippen LogP contribution in [0.15, 0.2) is 0 Å². The molecule has 2 unspecified atom stereocenters. The van der Waals surface area contributed by atoms with Gasteiger partial charge in [0.15, 0.2) is 0 Å². The van der Waals surface area contributed by atoms with Gasteiger partial charge in [-0.05, 0) is 20.5 Å². The lowest BCUT2D eigenvalue weighted by Gasteiger charge is -2.37. The third-order valence-electron chi connectivity index (χ3n) is 3.15. The van der Waals surface area contributed by atoms with Crippen LogP contribution in [0.5, 0.6) is 0 Å². The minimum atomic E-state index is 0.688. The van der Waals surface area contributed by atoms with Crippen molar-refractivity contribution in [3.05, 3.63) is 0 Å². The van der Waals surface area contributed by atoms with E-state index in [4.69, 9.17) is 0 Å². The van der Waals surface area contributed by atoms with Gasteiger partial charge >= 0.3 is 0 Å². The highest BCUT2D eigenvalue weighted by Crippen LogP contribution is 2.19. The largest absolute Gasteiger partial charge is 0.315 e. The van der Waals surface area contributed by atoms with Crippen LogP contribution in [0.4, 0.5) is 0 Å². The average Bonchev–Trinajstić information content (AvgIpc) is 2.21. The van der Waals surface area contributed by atoms with Gasteiger partial charge in [0.2, 0.25) is 0 Å². The molecule has 84 valence electrons. The van der Waals surface area contributed by atoms with Gasteiger partial charge in [-0.1, -0.05) is 19.8 Å². The normalized spacial score (nSPS) is 26.4. The SMILES string of the molecule is CCCCC(NC)C1CSCCN1C. The molecule has 1 fully saturated rings. The number of nitrogens with one attached hydrogen (secondary N) is 1. The van der Waals surface area contributed by atoms with Gasteiger partial charge in [0, 0.05) is 30.1 Å². The average molecular weight is 216 g/mol. The number of unbranched alkanes of at least 4 members (excludes halogenated alkanes) is 1. The quantitative estimate of drug-likeness (QED) is 0.754. The van der Waals surface area contributed by atoms with Gasteiger partial charge in [-0.2, -0.15) is 11.8 Å². The van der Waals surface area contributed by atoms with E-state index in [0.29, 0.717) is 6.04 Å². The Morgan fingerprint density at radius 3 is 2.93 bits per heavy atom. The van der Waals surface area contributed by atoms with Crippen molar-refractivity contribution in [3.8, 4) is 0 Å². The van der Waals surface area contributed by atoms with Crippen LogP contribution < -0.4 is 5.32 Å². The van der Waals surface area contributed by atoms with Crippen LogP contribution >= 0.6 is 11.8 Å². The maximum absolute atomic E-state index is 3.48. The van der Waals surface area contributed by atoms with Gasteiger partial charge in [0.05, 0.1) is 0 Å². The lowest BCUT2D eigenvalue weighted by Crippen LogP contribution is -2.51. The second kappa shape index (κ2) is 6.70. The summed E-state index contributed by atoms with van der Waals surface area (Å²) in [6.07, 6.45) is 3.98. The summed E-state index contributed by atoms with van der Waals surface area (Å²) in [7, 11) is 4.37. The number of nitrogens with zero attached hydrogens (tertiary/aromatic N) is 1. The predicted molar refractivity (Wildman–Crippen MR) is 66.1 cm³/mol. The summed E-state index contributed by atoms with van der Waals surface area (Å²) >= 11 is 2.10. The Morgan fingerprint density at radius 2 is 2.36 bits per heavy atom. The Hall–Kier alpha value is 0.270. The monoisotopic (exact) mass is 216 g/mol. The fraction of sp³-hybridized carbons (Fsp3) is 1.00. The molecular weight excluding hydrogens is 192 g/mol. The number of rotatable bonds is 5. The van der Waals surface area contributed by atoms with Crippen LogP contribution in [0, 0.1) is 0 Å². The van der Waals surface area contributed by atoms with Crippen molar-refractivity contribution in [2.75, 3.05) is 32.1 Å². The van der Waals surface area contributed by atoms with Crippen LogP contribution in [-0.4, -0.2) is 49.1 Å². The number of thioether (sulfide) groups is 1. The number of hydrogen-bond donors (Lipinski definition) is 1. The van der Waals surface area contributed by atoms with Crippen molar-refractivity contribution >= 4 is 11.8 Å². The van der Waals surface area contributed by atoms with Gasteiger partial charge in [-0.15, -0.1) is 0 Å². The first-order valence-corrected chi connectivity index (χ1v) is 6.90. The van der Waals surface area contributed by atoms with E-state index in [1.54, 1.807) is 0 Å². The first kappa shape index (κ1) is 12.3. The van der Waals surface area contributed by atoms with Crippen molar-refractivity contribution in [1.29, 1.82) is 0 Å². The summed E-state index contributed by atoms with van der Waals surface area (Å²) in [5.74, 6) is 2.60. The molecule has 0 saturated carbocycles. The molecule has 0 amide bonds. The molecule has 0 spiro atoms. The third kappa shape index (κ3) is 3.44. The van der Waals surface area contributed by atoms with Crippen LogP contribution in [-0.2, 0) is 0 Å². The minimum Gasteiger partial charge on any atom is -0.315 e. The molecule has 1 aliphatic heterocycles. The molecule has 0 aromatic heterocycles. The van der Waals surface area contributed by atoms with Gasteiger partial charge in [-0.3, -0.25) is 0 Å². The lowest BCUT2D eigenvalue weighted by molar-refractivity contribution is 0.211. The lowest BCUT2D eigenvalue weighted by atomic mass is 10.0. The van der Waals surface area contributed by atoms with Gasteiger partial charge < -0.3 is 10.2 Å². The Morgan fingerprint density at radius 1 is 1.57 bits per heavy atom. The minimum absolute atomic E-state index is 0.688. The maximum atomic E-state index is 3.48. The third-order valence-corrected chi connectivity index (χ3v) is 4.20. The molecule has 0 radical (unpaired) electrons. The van der Waals surface area contributed by atoms with E-state index in [-0.39, 0.29) is 0 Å². The molecule has 2 nitrogen and oxygen atoms in total. The molecule has 2 atom stereocenters. The molecule has 1 rings (SSSR count). The topological polar surface area (TPSA) is 15.3 Å². The first-order chi connectivity index (χ1) is 6.79. The summed E-state index contributed by atoms with van der Waals surface area (Å²) in [5, 5.41) is 3.48. The molecule has 1 heterocycles. The number of likely N-dealkylation sites (N-methyl/N-ethyl adjacent to an activating group) is 2. The molecule has 14 heavy (non-hydrogen) atoms. The maximum Gasteiger partial charge on any atom is 0.0337 e. The van der Waals surface area contributed by atoms with Crippen LogP contribution in [0.3, 0.4) is 0 Å². The Kier molecular flexibility index (Phi) is 5.90. The van der Waals surface area contributed by atoms with E-state index in [1.165, 1.54) is 37.3 Å². The predicted octanol–water partition coefficient (Wildman–Crippen LogP) is 1.81. The van der Waals surface area contributed by atoms with E-state index < -0.39 is 0 Å². The molecule has 0 bridgehead atoms. The van der Waals surface area contributed by atoms with E-state index in [9.17, 15) is 0 Å². The van der Waals surface area contributed by atoms with Crippen LogP contribution in [0.2, 0.25) is 0 Å². The van der Waals surface area contributed by atoms with Crippen molar-refractivity contribution in [2.24, 2.45) is 0 Å². The van der Waals surface area contributed by atoms with Crippen LogP contribution in [0.25, 0.3) is 0 Å². The van der Waals surface area contributed by atoms with E-state index in [2.05, 4.69) is 43.0 Å². The number of hydrogen-bond acceptors (Lipinski definition) is 3. The second-order valence-corrected chi connectivity index (χ2v) is 5.31. The van der Waals surface area contributed by atoms with Crippen molar-refractivity contribution in [2.45, 2.75) is 38.3 Å². The zero-order valence-corrected chi connectivity index (χ0v) is 10.6. The van der Waals surface area contributed by atoms with E-state index in [1.807, 2.05) is 0 Å². The summed E-state index contributed by atoms with van der Waals surface area (Å²) in [4.78, 5) is 2.52. The smallest absolute Gasteiger partial charge is 0.0337 e. The molecular formula is C11H24N2S. The van der Waals surface area contributed by atoms with Crippen molar-refractivity contribution in [3.63, 3.8) is 0 Å². The summed E-state index contributed by atoms with van der Waals surface area (Å²) in [6.45, 7) is 3.52. The molecule has 0 aromatic carbocycles. The molecule has 1 aliphatic rings. The molecule has 0 aliphatic carbocycles. The van der Waals surface area contributed by atoms with Crippen molar-refractivity contribution < 1.29 is 0 Å². The molecule has 3 heteroatoms. The molecule has 0 aromatic rings. The standard InChI is InChI=1S/C11H24N2S/c1-4-5-6-10(12-2)11-9-14-8-7-13(11)3/h10-12H,4-9H2,1-3H3. The second-order valence-electron chi connectivity index (χ2n) is 4.16. The van der Waals surface area contributed by atoms with Gasteiger partial charge in [0.1, 0.15) is 0 Å². The Bertz CT molecular complexity index is 152. The Balaban J connectivity index is 2.40. The summed E-state index contributed by atoms with van der Waals surface area (Å²) in [5.41, 5.74) is 0. The van der Waals surface area contributed by atoms with E-state index >= 15 is 0 Å². The van der Waals surface area contributed by atoms with Crippen LogP contribution in [0.1, 0.15) is 26.2 Å². The summed E-state index contributed by atoms with van der Waals surface area (Å²) < 4.78 is 0. The highest BCUT2D eigenvalue weighted by Gasteiger charge is 2.26. The highest BCUT2D eigenvalue weighted by atomic mass is 32.2.